The molecular formula is C21H25FN6O. The molecule has 29 heavy (non-hydrogen) atoms. The van der Waals surface area contributed by atoms with Crippen LogP contribution in [0.4, 0.5) is 10.2 Å². The number of piperazine rings is 1. The van der Waals surface area contributed by atoms with Crippen LogP contribution < -0.4 is 9.64 Å². The molecule has 3 aromatic rings. The van der Waals surface area contributed by atoms with E-state index in [0.29, 0.717) is 22.9 Å². The van der Waals surface area contributed by atoms with E-state index in [1.165, 1.54) is 6.07 Å². The van der Waals surface area contributed by atoms with Crippen LogP contribution in [-0.4, -0.2) is 63.4 Å². The average molecular weight is 396 g/mol. The molecule has 3 heterocycles. The third kappa shape index (κ3) is 3.42. The van der Waals surface area contributed by atoms with E-state index in [2.05, 4.69) is 43.9 Å². The first-order valence-electron chi connectivity index (χ1n) is 10.1. The molecule has 5 rings (SSSR count). The molecular weight excluding hydrogens is 371 g/mol. The smallest absolute Gasteiger partial charge is 0.167 e. The highest BCUT2D eigenvalue weighted by molar-refractivity contribution is 5.93. The second-order valence-corrected chi connectivity index (χ2v) is 8.49. The normalized spacial score (nSPS) is 21.5. The number of H-pyrrole nitrogens is 1. The number of nitrogens with one attached hydrogen (secondary N) is 1. The van der Waals surface area contributed by atoms with Gasteiger partial charge in [0.25, 0.3) is 0 Å². The summed E-state index contributed by atoms with van der Waals surface area (Å²) >= 11 is 0. The Hall–Kier alpha value is -2.74. The van der Waals surface area contributed by atoms with Gasteiger partial charge in [-0.3, -0.25) is 5.10 Å². The molecule has 0 spiro atoms. The Morgan fingerprint density at radius 1 is 1.21 bits per heavy atom. The van der Waals surface area contributed by atoms with Gasteiger partial charge in [0.2, 0.25) is 0 Å². The molecule has 1 saturated heterocycles. The first-order chi connectivity index (χ1) is 13.9. The van der Waals surface area contributed by atoms with E-state index in [0.717, 1.165) is 43.7 Å². The van der Waals surface area contributed by atoms with Crippen LogP contribution >= 0.6 is 0 Å². The number of likely N-dealkylation sites (N-methyl/N-ethyl adjacent to an activating group) is 1. The van der Waals surface area contributed by atoms with Crippen molar-refractivity contribution in [2.75, 3.05) is 31.6 Å². The summed E-state index contributed by atoms with van der Waals surface area (Å²) in [6.45, 7) is 7.04. The zero-order valence-electron chi connectivity index (χ0n) is 16.9. The Labute approximate surface area is 168 Å². The van der Waals surface area contributed by atoms with Crippen LogP contribution in [0.2, 0.25) is 0 Å². The van der Waals surface area contributed by atoms with E-state index in [4.69, 9.17) is 4.74 Å². The molecule has 0 radical (unpaired) electrons. The lowest BCUT2D eigenvalue weighted by Crippen LogP contribution is -2.50. The van der Waals surface area contributed by atoms with Crippen molar-refractivity contribution in [1.29, 1.82) is 0 Å². The lowest BCUT2D eigenvalue weighted by Gasteiger charge is -2.38. The van der Waals surface area contributed by atoms with Gasteiger partial charge < -0.3 is 14.5 Å². The molecule has 2 aliphatic rings. The number of hydrogen-bond donors (Lipinski definition) is 1. The van der Waals surface area contributed by atoms with Crippen molar-refractivity contribution in [2.45, 2.75) is 38.3 Å². The minimum absolute atomic E-state index is 0.251. The molecule has 1 aliphatic heterocycles. The van der Waals surface area contributed by atoms with Crippen LogP contribution in [0.5, 0.6) is 5.75 Å². The average Bonchev–Trinajstić information content (AvgIpc) is 3.29. The molecule has 2 fully saturated rings. The summed E-state index contributed by atoms with van der Waals surface area (Å²) in [4.78, 5) is 13.5. The van der Waals surface area contributed by atoms with Crippen LogP contribution in [0, 0.1) is 5.82 Å². The minimum atomic E-state index is -0.379. The summed E-state index contributed by atoms with van der Waals surface area (Å²) in [6, 6.07) is 5.59. The second kappa shape index (κ2) is 6.66. The quantitative estimate of drug-likeness (QED) is 0.730. The molecule has 8 heteroatoms. The van der Waals surface area contributed by atoms with Crippen molar-refractivity contribution in [3.8, 4) is 17.1 Å². The van der Waals surface area contributed by atoms with Gasteiger partial charge in [-0.1, -0.05) is 0 Å². The van der Waals surface area contributed by atoms with Gasteiger partial charge in [-0.05, 0) is 39.8 Å². The molecule has 0 amide bonds. The highest BCUT2D eigenvalue weighted by atomic mass is 19.1. The summed E-state index contributed by atoms with van der Waals surface area (Å²) in [5.41, 5.74) is 1.76. The van der Waals surface area contributed by atoms with Crippen molar-refractivity contribution >= 4 is 16.7 Å². The fraction of sp³-hybridized carbons (Fsp3) is 0.476. The van der Waals surface area contributed by atoms with Gasteiger partial charge in [-0.15, -0.1) is 0 Å². The number of halogens is 1. The number of aromatic nitrogens is 4. The second-order valence-electron chi connectivity index (χ2n) is 8.49. The highest BCUT2D eigenvalue weighted by Gasteiger charge is 2.40. The van der Waals surface area contributed by atoms with E-state index in [9.17, 15) is 4.39 Å². The molecule has 2 aromatic heterocycles. The maximum absolute atomic E-state index is 14.5. The summed E-state index contributed by atoms with van der Waals surface area (Å²) in [7, 11) is 2.14. The van der Waals surface area contributed by atoms with Gasteiger partial charge in [0.1, 0.15) is 23.4 Å². The molecule has 0 bridgehead atoms. The highest BCUT2D eigenvalue weighted by Crippen LogP contribution is 2.41. The fourth-order valence-corrected chi connectivity index (χ4v) is 3.74. The Kier molecular flexibility index (Phi) is 4.20. The minimum Gasteiger partial charge on any atom is -0.484 e. The zero-order chi connectivity index (χ0) is 20.2. The van der Waals surface area contributed by atoms with Gasteiger partial charge >= 0.3 is 0 Å². The molecule has 1 N–H and O–H groups in total. The van der Waals surface area contributed by atoms with Crippen molar-refractivity contribution in [2.24, 2.45) is 0 Å². The Balaban J connectivity index is 1.50. The van der Waals surface area contributed by atoms with E-state index < -0.39 is 0 Å². The SMILES string of the molecule is C[C@H]1CN(c2cc(-c3n[nH]c4cc(F)c(OC5(C)CC5)cc34)ncn2)CCN1C. The summed E-state index contributed by atoms with van der Waals surface area (Å²) in [6.07, 6.45) is 3.46. The predicted octanol–water partition coefficient (Wildman–Crippen LogP) is 3.23. The fourth-order valence-electron chi connectivity index (χ4n) is 3.74. The summed E-state index contributed by atoms with van der Waals surface area (Å²) < 4.78 is 20.3. The van der Waals surface area contributed by atoms with Crippen LogP contribution in [-0.2, 0) is 0 Å². The maximum atomic E-state index is 14.5. The van der Waals surface area contributed by atoms with E-state index in [-0.39, 0.29) is 17.2 Å². The van der Waals surface area contributed by atoms with Gasteiger partial charge in [0.15, 0.2) is 11.6 Å². The van der Waals surface area contributed by atoms with E-state index >= 15 is 0 Å². The Bertz CT molecular complexity index is 1060. The number of fused-ring (bicyclic) bond motifs is 1. The number of anilines is 1. The van der Waals surface area contributed by atoms with Gasteiger partial charge in [0, 0.05) is 43.2 Å². The van der Waals surface area contributed by atoms with Crippen molar-refractivity contribution in [3.05, 3.63) is 30.3 Å². The zero-order valence-corrected chi connectivity index (χ0v) is 16.9. The van der Waals surface area contributed by atoms with Crippen LogP contribution in [0.3, 0.4) is 0 Å². The number of nitrogens with zero attached hydrogens (tertiary/aromatic N) is 5. The Morgan fingerprint density at radius 3 is 2.79 bits per heavy atom. The largest absolute Gasteiger partial charge is 0.484 e. The molecule has 152 valence electrons. The van der Waals surface area contributed by atoms with Gasteiger partial charge in [-0.25, -0.2) is 14.4 Å². The lowest BCUT2D eigenvalue weighted by atomic mass is 10.1. The molecule has 1 aliphatic carbocycles. The first-order valence-corrected chi connectivity index (χ1v) is 10.1. The van der Waals surface area contributed by atoms with Gasteiger partial charge in [0.05, 0.1) is 11.2 Å². The molecule has 7 nitrogen and oxygen atoms in total. The van der Waals surface area contributed by atoms with Gasteiger partial charge in [-0.2, -0.15) is 5.10 Å². The summed E-state index contributed by atoms with van der Waals surface area (Å²) in [5.74, 6) is 0.771. The molecule has 1 atom stereocenters. The van der Waals surface area contributed by atoms with Crippen LogP contribution in [0.25, 0.3) is 22.3 Å². The first kappa shape index (κ1) is 18.3. The number of hydrogen-bond acceptors (Lipinski definition) is 6. The Morgan fingerprint density at radius 2 is 2.03 bits per heavy atom. The summed E-state index contributed by atoms with van der Waals surface area (Å²) in [5, 5.41) is 8.12. The number of ether oxygens (including phenoxy) is 1. The maximum Gasteiger partial charge on any atom is 0.167 e. The standard InChI is InChI=1S/C21H25FN6O/c1-13-11-28(7-6-27(13)3)19-10-17(23-12-24-19)20-14-8-18(29-21(2)4-5-21)15(22)9-16(14)25-26-20/h8-10,12-13H,4-7,11H2,1-3H3,(H,25,26)/t13-/m0/s1. The topological polar surface area (TPSA) is 70.2 Å². The molecule has 0 unspecified atom stereocenters. The molecule has 1 aromatic carbocycles. The third-order valence-corrected chi connectivity index (χ3v) is 6.10. The molecule has 1 saturated carbocycles. The monoisotopic (exact) mass is 396 g/mol. The lowest BCUT2D eigenvalue weighted by molar-refractivity contribution is 0.191. The predicted molar refractivity (Wildman–Crippen MR) is 110 cm³/mol. The number of rotatable bonds is 4. The number of benzene rings is 1. The van der Waals surface area contributed by atoms with E-state index in [1.807, 2.05) is 13.0 Å². The van der Waals surface area contributed by atoms with Crippen LogP contribution in [0.1, 0.15) is 26.7 Å². The van der Waals surface area contributed by atoms with Crippen LogP contribution in [0.15, 0.2) is 24.5 Å². The number of aromatic amines is 1. The van der Waals surface area contributed by atoms with E-state index in [1.54, 1.807) is 12.4 Å². The van der Waals surface area contributed by atoms with Crippen molar-refractivity contribution < 1.29 is 9.13 Å². The third-order valence-electron chi connectivity index (χ3n) is 6.10. The van der Waals surface area contributed by atoms with Crippen molar-refractivity contribution in [1.82, 2.24) is 25.1 Å². The van der Waals surface area contributed by atoms with Crippen molar-refractivity contribution in [3.63, 3.8) is 0 Å².